The summed E-state index contributed by atoms with van der Waals surface area (Å²) >= 11 is 13.1. The summed E-state index contributed by atoms with van der Waals surface area (Å²) in [4.78, 5) is 0. The molecule has 0 fully saturated rings. The normalized spacial score (nSPS) is 12.6. The molecule has 2 aromatic carbocycles. The number of halogens is 2. The van der Waals surface area contributed by atoms with Gasteiger partial charge in [0, 0.05) is 5.02 Å². The summed E-state index contributed by atoms with van der Waals surface area (Å²) in [6, 6.07) is 7.81. The topological polar surface area (TPSA) is 0 Å². The van der Waals surface area contributed by atoms with E-state index in [1.807, 2.05) is 24.3 Å². The quantitative estimate of drug-likeness (QED) is 0.579. The van der Waals surface area contributed by atoms with Gasteiger partial charge < -0.3 is 0 Å². The van der Waals surface area contributed by atoms with Gasteiger partial charge in [0.15, 0.2) is 0 Å². The van der Waals surface area contributed by atoms with Crippen molar-refractivity contribution in [2.75, 3.05) is 0 Å². The molecule has 0 aliphatic carbocycles. The molecule has 0 nitrogen and oxygen atoms in total. The average Bonchev–Trinajstić information content (AvgIpc) is 2.43. The highest BCUT2D eigenvalue weighted by Gasteiger charge is 2.21. The van der Waals surface area contributed by atoms with Gasteiger partial charge in [0.25, 0.3) is 0 Å². The van der Waals surface area contributed by atoms with Crippen molar-refractivity contribution in [1.82, 2.24) is 0 Å². The molecular formula is C18H20Cl2. The molecule has 0 radical (unpaired) electrons. The van der Waals surface area contributed by atoms with Crippen LogP contribution in [-0.2, 0) is 0 Å². The van der Waals surface area contributed by atoms with Crippen LogP contribution in [0.5, 0.6) is 0 Å². The Morgan fingerprint density at radius 3 is 1.70 bits per heavy atom. The standard InChI is InChI=1S/C18H20Cl2/c1-10-11(2)13(4)17(14(5)12(10)3)18(20)15-8-6-7-9-16(15)19/h6-9,18H,1-5H3. The second-order valence-corrected chi connectivity index (χ2v) is 6.27. The Hall–Kier alpha value is -0.980. The van der Waals surface area contributed by atoms with Gasteiger partial charge in [-0.15, -0.1) is 11.6 Å². The maximum Gasteiger partial charge on any atom is 0.0855 e. The number of rotatable bonds is 2. The summed E-state index contributed by atoms with van der Waals surface area (Å²) in [5, 5.41) is 0.517. The van der Waals surface area contributed by atoms with Crippen LogP contribution in [0, 0.1) is 34.6 Å². The molecule has 2 rings (SSSR count). The highest BCUT2D eigenvalue weighted by Crippen LogP contribution is 2.39. The second kappa shape index (κ2) is 5.79. The summed E-state index contributed by atoms with van der Waals surface area (Å²) in [6.07, 6.45) is 0. The third kappa shape index (κ3) is 2.47. The Bertz CT molecular complexity index is 628. The molecule has 0 amide bonds. The van der Waals surface area contributed by atoms with Crippen LogP contribution in [0.4, 0.5) is 0 Å². The SMILES string of the molecule is Cc1c(C)c(C)c(C(Cl)c2ccccc2Cl)c(C)c1C. The Labute approximate surface area is 131 Å². The summed E-state index contributed by atoms with van der Waals surface area (Å²) in [7, 11) is 0. The zero-order valence-corrected chi connectivity index (χ0v) is 14.2. The monoisotopic (exact) mass is 306 g/mol. The first-order valence-electron chi connectivity index (χ1n) is 6.81. The summed E-state index contributed by atoms with van der Waals surface area (Å²) in [5.74, 6) is 0. The van der Waals surface area contributed by atoms with Crippen LogP contribution in [0.1, 0.15) is 44.3 Å². The first kappa shape index (κ1) is 15.4. The zero-order chi connectivity index (χ0) is 15.0. The maximum absolute atomic E-state index is 6.76. The van der Waals surface area contributed by atoms with Crippen LogP contribution in [0.3, 0.4) is 0 Å². The zero-order valence-electron chi connectivity index (χ0n) is 12.6. The van der Waals surface area contributed by atoms with E-state index in [4.69, 9.17) is 23.2 Å². The molecule has 1 unspecified atom stereocenters. The molecule has 0 aliphatic heterocycles. The number of hydrogen-bond donors (Lipinski definition) is 0. The number of benzene rings is 2. The van der Waals surface area contributed by atoms with E-state index in [1.165, 1.54) is 33.4 Å². The smallest absolute Gasteiger partial charge is 0.0855 e. The van der Waals surface area contributed by atoms with E-state index >= 15 is 0 Å². The van der Waals surface area contributed by atoms with Crippen molar-refractivity contribution < 1.29 is 0 Å². The van der Waals surface area contributed by atoms with Crippen LogP contribution < -0.4 is 0 Å². The van der Waals surface area contributed by atoms with Crippen LogP contribution >= 0.6 is 23.2 Å². The fourth-order valence-electron chi connectivity index (χ4n) is 2.75. The van der Waals surface area contributed by atoms with E-state index < -0.39 is 0 Å². The molecule has 0 N–H and O–H groups in total. The van der Waals surface area contributed by atoms with E-state index in [0.717, 1.165) is 10.6 Å². The molecule has 1 atom stereocenters. The Kier molecular flexibility index (Phi) is 4.46. The van der Waals surface area contributed by atoms with E-state index in [1.54, 1.807) is 0 Å². The van der Waals surface area contributed by atoms with Gasteiger partial charge in [0.05, 0.1) is 5.38 Å². The van der Waals surface area contributed by atoms with Crippen molar-refractivity contribution in [3.05, 3.63) is 68.2 Å². The molecule has 0 saturated carbocycles. The first-order chi connectivity index (χ1) is 9.36. The van der Waals surface area contributed by atoms with Crippen molar-refractivity contribution in [3.63, 3.8) is 0 Å². The van der Waals surface area contributed by atoms with Crippen molar-refractivity contribution in [2.45, 2.75) is 40.0 Å². The van der Waals surface area contributed by atoms with Crippen LogP contribution in [-0.4, -0.2) is 0 Å². The van der Waals surface area contributed by atoms with Gasteiger partial charge >= 0.3 is 0 Å². The van der Waals surface area contributed by atoms with Gasteiger partial charge in [-0.3, -0.25) is 0 Å². The lowest BCUT2D eigenvalue weighted by atomic mass is 9.86. The molecular weight excluding hydrogens is 287 g/mol. The first-order valence-corrected chi connectivity index (χ1v) is 7.63. The summed E-state index contributed by atoms with van der Waals surface area (Å²) in [6.45, 7) is 10.8. The predicted octanol–water partition coefficient (Wildman–Crippen LogP) is 6.21. The lowest BCUT2D eigenvalue weighted by Gasteiger charge is -2.23. The van der Waals surface area contributed by atoms with E-state index in [-0.39, 0.29) is 5.38 Å². The van der Waals surface area contributed by atoms with Crippen LogP contribution in [0.2, 0.25) is 5.02 Å². The third-order valence-corrected chi connectivity index (χ3v) is 5.29. The minimum Gasteiger partial charge on any atom is -0.113 e. The van der Waals surface area contributed by atoms with Crippen LogP contribution in [0.25, 0.3) is 0 Å². The molecule has 0 heterocycles. The van der Waals surface area contributed by atoms with Gasteiger partial charge in [-0.25, -0.2) is 0 Å². The molecule has 0 bridgehead atoms. The minimum absolute atomic E-state index is 0.207. The predicted molar refractivity (Wildman–Crippen MR) is 89.3 cm³/mol. The van der Waals surface area contributed by atoms with Gasteiger partial charge in [-0.2, -0.15) is 0 Å². The van der Waals surface area contributed by atoms with Gasteiger partial charge in [-0.05, 0) is 79.6 Å². The van der Waals surface area contributed by atoms with Gasteiger partial charge in [-0.1, -0.05) is 29.8 Å². The second-order valence-electron chi connectivity index (χ2n) is 5.42. The minimum atomic E-state index is -0.207. The fraction of sp³-hybridized carbons (Fsp3) is 0.333. The highest BCUT2D eigenvalue weighted by atomic mass is 35.5. The maximum atomic E-state index is 6.76. The van der Waals surface area contributed by atoms with Crippen LogP contribution in [0.15, 0.2) is 24.3 Å². The van der Waals surface area contributed by atoms with Crippen molar-refractivity contribution >= 4 is 23.2 Å². The van der Waals surface area contributed by atoms with E-state index in [0.29, 0.717) is 0 Å². The molecule has 2 aromatic rings. The lowest BCUT2D eigenvalue weighted by molar-refractivity contribution is 1.04. The summed E-state index contributed by atoms with van der Waals surface area (Å²) in [5.41, 5.74) is 8.70. The van der Waals surface area contributed by atoms with Crippen molar-refractivity contribution in [2.24, 2.45) is 0 Å². The molecule has 0 aliphatic rings. The van der Waals surface area contributed by atoms with Crippen molar-refractivity contribution in [1.29, 1.82) is 0 Å². The molecule has 20 heavy (non-hydrogen) atoms. The molecule has 0 aromatic heterocycles. The van der Waals surface area contributed by atoms with Gasteiger partial charge in [0.2, 0.25) is 0 Å². The van der Waals surface area contributed by atoms with Gasteiger partial charge in [0.1, 0.15) is 0 Å². The average molecular weight is 307 g/mol. The molecule has 0 saturated heterocycles. The Morgan fingerprint density at radius 1 is 0.750 bits per heavy atom. The van der Waals surface area contributed by atoms with Crippen molar-refractivity contribution in [3.8, 4) is 0 Å². The van der Waals surface area contributed by atoms with E-state index in [2.05, 4.69) is 34.6 Å². The molecule has 0 spiro atoms. The number of alkyl halides is 1. The summed E-state index contributed by atoms with van der Waals surface area (Å²) < 4.78 is 0. The third-order valence-electron chi connectivity index (χ3n) is 4.49. The number of hydrogen-bond acceptors (Lipinski definition) is 0. The molecule has 2 heteroatoms. The Balaban J connectivity index is 2.68. The molecule has 106 valence electrons. The lowest BCUT2D eigenvalue weighted by Crippen LogP contribution is -2.06. The van der Waals surface area contributed by atoms with E-state index in [9.17, 15) is 0 Å². The Morgan fingerprint density at radius 2 is 1.20 bits per heavy atom. The highest BCUT2D eigenvalue weighted by molar-refractivity contribution is 6.33. The fourth-order valence-corrected chi connectivity index (χ4v) is 3.56. The largest absolute Gasteiger partial charge is 0.113 e.